The average Bonchev–Trinajstić information content (AvgIpc) is 0.852. The highest BCUT2D eigenvalue weighted by Gasteiger charge is 2.37. The first kappa shape index (κ1) is 97.5. The Balaban J connectivity index is 1.54. The van der Waals surface area contributed by atoms with Crippen molar-refractivity contribution in [3.8, 4) is 17.2 Å². The van der Waals surface area contributed by atoms with Gasteiger partial charge >= 0.3 is 0 Å². The largest absolute Gasteiger partial charge is 0.508 e. The Hall–Kier alpha value is -12.9. The third kappa shape index (κ3) is 37.6. The number of aromatic hydroxyl groups is 3. The predicted octanol–water partition coefficient (Wildman–Crippen LogP) is -4.12. The van der Waals surface area contributed by atoms with Crippen LogP contribution in [0.5, 0.6) is 17.2 Å². The molecule has 0 unspecified atom stereocenters. The highest BCUT2D eigenvalue weighted by molar-refractivity contribution is 5.99. The summed E-state index contributed by atoms with van der Waals surface area (Å²) < 4.78 is 0. The molecule has 0 aliphatic heterocycles. The summed E-state index contributed by atoms with van der Waals surface area (Å²) >= 11 is 0. The molecule has 0 bridgehead atoms. The number of benzene rings is 4. The van der Waals surface area contributed by atoms with Crippen molar-refractivity contribution in [2.45, 2.75) is 203 Å². The lowest BCUT2D eigenvalue weighted by atomic mass is 9.96. The second-order valence-corrected chi connectivity index (χ2v) is 28.6. The van der Waals surface area contributed by atoms with E-state index in [2.05, 4.69) is 74.4 Å². The fraction of sp³-hybridized carbons (Fsp3) is 0.487. The zero-order valence-corrected chi connectivity index (χ0v) is 66.7. The van der Waals surface area contributed by atoms with Gasteiger partial charge in [-0.3, -0.25) is 78.6 Å². The van der Waals surface area contributed by atoms with E-state index >= 15 is 0 Å². The van der Waals surface area contributed by atoms with Gasteiger partial charge in [0.2, 0.25) is 76.8 Å². The standard InChI is InChI=1S/C78H118N24O16/c1-4-44(2)64(102-71(114)58(21-14-38-92-78(87)88)96-72(115)60(41-48-24-30-51(105)31-25-48)100-73(116)61(42-49-26-32-52(106)33-27-49)98-68(111)55(93-45(3)103)19-12-36-90-76(83)84)75(118)97-56(18-8-10-34-79)69(112)94-54(65(82)108)17-9-11-35-89-67(110)62(43-63(81)107)101-74(117)59(40-46-15-6-5-7-16-46)99-70(113)57(20-13-37-91-77(85)86)95-66(109)53(80)39-47-22-28-50(104)29-23-47/h5-7,15-16,22-33,44,53-62,64,104-106H,4,8-14,17-21,34-43,79-80H2,1-3H3,(H2,81,107)(H2,82,108)(H,89,110)(H,93,103)(H,94,112)(H,95,109)(H,96,115)(H,97,118)(H,98,111)(H,99,113)(H,100,116)(H,101,117)(H,102,114)(H4,83,84,90)(H4,85,86,91)(H4,87,88,92)/t44-,53-,54-,55-,56-,57-,58-,59-,60-,61-,62-,64-/m0/s1. The van der Waals surface area contributed by atoms with Crippen LogP contribution in [0.3, 0.4) is 0 Å². The summed E-state index contributed by atoms with van der Waals surface area (Å²) in [6.45, 7) is 4.95. The molecule has 0 radical (unpaired) electrons. The van der Waals surface area contributed by atoms with E-state index in [1.54, 1.807) is 56.3 Å². The zero-order chi connectivity index (χ0) is 87.4. The molecule has 0 heterocycles. The molecule has 4 rings (SSSR count). The Morgan fingerprint density at radius 1 is 0.356 bits per heavy atom. The first-order valence-corrected chi connectivity index (χ1v) is 39.0. The van der Waals surface area contributed by atoms with Gasteiger partial charge in [0.05, 0.1) is 12.5 Å². The summed E-state index contributed by atoms with van der Waals surface area (Å²) in [6, 6.07) is 10.5. The average molecular weight is 1650 g/mol. The second-order valence-electron chi connectivity index (χ2n) is 28.6. The van der Waals surface area contributed by atoms with E-state index in [9.17, 15) is 77.6 Å². The molecule has 34 N–H and O–H groups in total. The number of amides is 13. The lowest BCUT2D eigenvalue weighted by molar-refractivity contribution is -0.136. The molecule has 0 aliphatic carbocycles. The summed E-state index contributed by atoms with van der Waals surface area (Å²) in [5.41, 5.74) is 42.0. The second kappa shape index (κ2) is 51.9. The van der Waals surface area contributed by atoms with Gasteiger partial charge in [0, 0.05) is 52.4 Å². The van der Waals surface area contributed by atoms with Gasteiger partial charge in [0.15, 0.2) is 17.9 Å². The van der Waals surface area contributed by atoms with E-state index in [1.807, 2.05) is 0 Å². The molecule has 13 amide bonds. The number of nitrogens with one attached hydrogen (secondary N) is 17. The Morgan fingerprint density at radius 3 is 1.07 bits per heavy atom. The van der Waals surface area contributed by atoms with Gasteiger partial charge < -0.3 is 130 Å². The maximum Gasteiger partial charge on any atom is 0.243 e. The number of nitrogens with two attached hydrogens (primary N) is 7. The molecule has 118 heavy (non-hydrogen) atoms. The monoisotopic (exact) mass is 1650 g/mol. The van der Waals surface area contributed by atoms with E-state index in [4.69, 9.17) is 56.4 Å². The van der Waals surface area contributed by atoms with Crippen LogP contribution in [0.2, 0.25) is 0 Å². The summed E-state index contributed by atoms with van der Waals surface area (Å²) in [6.07, 6.45) is 0.0771. The predicted molar refractivity (Wildman–Crippen MR) is 438 cm³/mol. The third-order valence-corrected chi connectivity index (χ3v) is 18.9. The lowest BCUT2D eigenvalue weighted by Crippen LogP contribution is -2.61. The molecule has 0 saturated carbocycles. The number of phenols is 3. The number of unbranched alkanes of at least 4 members (excludes halogenated alkanes) is 2. The summed E-state index contributed by atoms with van der Waals surface area (Å²) in [5.74, 6) is -13.1. The number of primary amides is 2. The van der Waals surface area contributed by atoms with E-state index < -0.39 is 162 Å². The molecular formula is C78H118N24O16. The van der Waals surface area contributed by atoms with Crippen LogP contribution in [0, 0.1) is 22.1 Å². The molecule has 0 aromatic heterocycles. The number of carbonyl (C=O) groups excluding carboxylic acids is 13. The Bertz CT molecular complexity index is 3990. The fourth-order valence-electron chi connectivity index (χ4n) is 12.2. The van der Waals surface area contributed by atoms with Crippen molar-refractivity contribution in [1.82, 2.24) is 74.4 Å². The smallest absolute Gasteiger partial charge is 0.243 e. The fourth-order valence-corrected chi connectivity index (χ4v) is 12.2. The number of hydrogen-bond donors (Lipinski definition) is 27. The number of hydrogen-bond acceptors (Lipinski definition) is 21. The first-order valence-electron chi connectivity index (χ1n) is 39.0. The van der Waals surface area contributed by atoms with E-state index in [0.717, 1.165) is 0 Å². The van der Waals surface area contributed by atoms with Gasteiger partial charge in [-0.2, -0.15) is 0 Å². The van der Waals surface area contributed by atoms with Gasteiger partial charge in [-0.1, -0.05) is 87.0 Å². The molecule has 0 fully saturated rings. The Morgan fingerprint density at radius 2 is 0.678 bits per heavy atom. The van der Waals surface area contributed by atoms with E-state index in [-0.39, 0.29) is 165 Å². The molecule has 4 aromatic rings. The third-order valence-electron chi connectivity index (χ3n) is 18.9. The van der Waals surface area contributed by atoms with Gasteiger partial charge in [-0.25, -0.2) is 0 Å². The van der Waals surface area contributed by atoms with Crippen LogP contribution in [0.15, 0.2) is 103 Å². The van der Waals surface area contributed by atoms with E-state index in [1.165, 1.54) is 67.6 Å². The molecule has 0 saturated heterocycles. The van der Waals surface area contributed by atoms with Crippen LogP contribution >= 0.6 is 0 Å². The maximum atomic E-state index is 14.9. The molecular weight excluding hydrogens is 1530 g/mol. The van der Waals surface area contributed by atoms with Crippen molar-refractivity contribution in [3.05, 3.63) is 125 Å². The van der Waals surface area contributed by atoms with Gasteiger partial charge in [-0.05, 0) is 155 Å². The van der Waals surface area contributed by atoms with Crippen molar-refractivity contribution in [2.75, 3.05) is 32.7 Å². The van der Waals surface area contributed by atoms with Gasteiger partial charge in [-0.15, -0.1) is 0 Å². The van der Waals surface area contributed by atoms with Gasteiger partial charge in [0.25, 0.3) is 0 Å². The minimum Gasteiger partial charge on any atom is -0.508 e. The normalized spacial score (nSPS) is 14.0. The summed E-state index contributed by atoms with van der Waals surface area (Å²) in [7, 11) is 0. The van der Waals surface area contributed by atoms with Crippen molar-refractivity contribution < 1.29 is 77.6 Å². The Labute approximate surface area is 684 Å². The number of carbonyl (C=O) groups is 13. The zero-order valence-electron chi connectivity index (χ0n) is 66.7. The van der Waals surface area contributed by atoms with Gasteiger partial charge in [0.1, 0.15) is 77.7 Å². The molecule has 0 aliphatic rings. The van der Waals surface area contributed by atoms with Crippen LogP contribution in [-0.2, 0) is 88.0 Å². The highest BCUT2D eigenvalue weighted by Crippen LogP contribution is 2.19. The molecule has 4 aromatic carbocycles. The van der Waals surface area contributed by atoms with Crippen molar-refractivity contribution in [1.29, 1.82) is 16.2 Å². The van der Waals surface area contributed by atoms with Crippen LogP contribution in [0.25, 0.3) is 0 Å². The maximum absolute atomic E-state index is 14.9. The van der Waals surface area contributed by atoms with Crippen LogP contribution in [-0.4, -0.2) is 209 Å². The molecule has 646 valence electrons. The Kier molecular flexibility index (Phi) is 42.8. The number of phenolic OH excluding ortho intramolecular Hbond substituents is 3. The minimum absolute atomic E-state index is 0.00252. The SMILES string of the molecule is CC[C@H](C)[C@H](NC(=O)[C@H](CCCNC(=N)N)NC(=O)[C@H](Cc1ccc(O)cc1)NC(=O)[C@H](Cc1ccc(O)cc1)NC(=O)[C@H](CCCNC(=N)N)NC(C)=O)C(=O)N[C@@H](CCCCN)C(=O)N[C@@H](CCCCNC(=O)[C@H](CC(N)=O)NC(=O)[C@H](Cc1ccccc1)NC(=O)[C@H](CCCNC(=N)N)NC(=O)[C@@H](N)Cc1ccc(O)cc1)C(N)=O. The van der Waals surface area contributed by atoms with Crippen LogP contribution < -0.4 is 115 Å². The van der Waals surface area contributed by atoms with E-state index in [0.29, 0.717) is 28.7 Å². The lowest BCUT2D eigenvalue weighted by Gasteiger charge is -2.30. The first-order chi connectivity index (χ1) is 56.0. The topological polar surface area (TPSA) is 705 Å². The molecule has 40 nitrogen and oxygen atoms in total. The van der Waals surface area contributed by atoms with Crippen molar-refractivity contribution >= 4 is 94.7 Å². The number of guanidine groups is 3. The summed E-state index contributed by atoms with van der Waals surface area (Å²) in [5, 5.41) is 89.8. The highest BCUT2D eigenvalue weighted by atomic mass is 16.3. The van der Waals surface area contributed by atoms with Crippen molar-refractivity contribution in [3.63, 3.8) is 0 Å². The van der Waals surface area contributed by atoms with Crippen LogP contribution in [0.1, 0.15) is 133 Å². The molecule has 40 heteroatoms. The quantitative estimate of drug-likeness (QED) is 0.0113. The minimum atomic E-state index is -1.59. The molecule has 12 atom stereocenters. The summed E-state index contributed by atoms with van der Waals surface area (Å²) in [4.78, 5) is 182. The van der Waals surface area contributed by atoms with Crippen LogP contribution in [0.4, 0.5) is 0 Å². The molecule has 0 spiro atoms. The number of rotatable bonds is 54. The van der Waals surface area contributed by atoms with Crippen molar-refractivity contribution in [2.24, 2.45) is 46.1 Å².